The van der Waals surface area contributed by atoms with Gasteiger partial charge in [0.1, 0.15) is 11.6 Å². The first-order valence-corrected chi connectivity index (χ1v) is 6.10. The Morgan fingerprint density at radius 2 is 2.17 bits per heavy atom. The van der Waals surface area contributed by atoms with Gasteiger partial charge in [0, 0.05) is 31.2 Å². The van der Waals surface area contributed by atoms with Gasteiger partial charge in [-0.25, -0.2) is 4.39 Å². The number of hydrogen-bond donors (Lipinski definition) is 1. The minimum atomic E-state index is -0.289. The van der Waals surface area contributed by atoms with Crippen molar-refractivity contribution in [3.05, 3.63) is 29.6 Å². The zero-order valence-electron chi connectivity index (χ0n) is 10.6. The van der Waals surface area contributed by atoms with Crippen molar-refractivity contribution in [1.82, 2.24) is 4.90 Å². The van der Waals surface area contributed by atoms with Crippen molar-refractivity contribution in [2.75, 3.05) is 40.0 Å². The van der Waals surface area contributed by atoms with Gasteiger partial charge in [0.25, 0.3) is 0 Å². The first-order valence-electron chi connectivity index (χ1n) is 6.10. The standard InChI is InChI=1S/C13H19FN2O2/c1-17-13-3-2-10(14)8-11(13)12(15)9-16-4-6-18-7-5-16/h2-3,8,12H,4-7,9,15H2,1H3. The fourth-order valence-corrected chi connectivity index (χ4v) is 2.16. The SMILES string of the molecule is COc1ccc(F)cc1C(N)CN1CCOCC1. The van der Waals surface area contributed by atoms with E-state index < -0.39 is 0 Å². The number of morpholine rings is 1. The third-order valence-corrected chi connectivity index (χ3v) is 3.15. The molecule has 0 saturated carbocycles. The van der Waals surface area contributed by atoms with Gasteiger partial charge in [-0.05, 0) is 18.2 Å². The van der Waals surface area contributed by atoms with Crippen LogP contribution < -0.4 is 10.5 Å². The Morgan fingerprint density at radius 3 is 2.83 bits per heavy atom. The lowest BCUT2D eigenvalue weighted by Gasteiger charge is -2.29. The molecule has 18 heavy (non-hydrogen) atoms. The third-order valence-electron chi connectivity index (χ3n) is 3.15. The molecule has 1 saturated heterocycles. The molecule has 1 aromatic rings. The summed E-state index contributed by atoms with van der Waals surface area (Å²) >= 11 is 0. The van der Waals surface area contributed by atoms with Crippen molar-refractivity contribution in [2.24, 2.45) is 5.73 Å². The van der Waals surface area contributed by atoms with E-state index >= 15 is 0 Å². The first kappa shape index (κ1) is 13.3. The molecular weight excluding hydrogens is 235 g/mol. The Labute approximate surface area is 106 Å². The topological polar surface area (TPSA) is 47.7 Å². The van der Waals surface area contributed by atoms with Crippen LogP contribution in [0.3, 0.4) is 0 Å². The van der Waals surface area contributed by atoms with Gasteiger partial charge >= 0.3 is 0 Å². The van der Waals surface area contributed by atoms with E-state index in [1.165, 1.54) is 12.1 Å². The quantitative estimate of drug-likeness (QED) is 0.876. The molecule has 1 atom stereocenters. The lowest BCUT2D eigenvalue weighted by molar-refractivity contribution is 0.0351. The van der Waals surface area contributed by atoms with Crippen LogP contribution in [-0.2, 0) is 4.74 Å². The molecule has 0 aliphatic carbocycles. The van der Waals surface area contributed by atoms with Crippen LogP contribution in [0.25, 0.3) is 0 Å². The van der Waals surface area contributed by atoms with Gasteiger partial charge in [0.15, 0.2) is 0 Å². The van der Waals surface area contributed by atoms with Crippen LogP contribution in [0.15, 0.2) is 18.2 Å². The molecule has 1 aliphatic heterocycles. The summed E-state index contributed by atoms with van der Waals surface area (Å²) in [7, 11) is 1.57. The number of benzene rings is 1. The van der Waals surface area contributed by atoms with Gasteiger partial charge in [-0.1, -0.05) is 0 Å². The highest BCUT2D eigenvalue weighted by atomic mass is 19.1. The van der Waals surface area contributed by atoms with E-state index in [9.17, 15) is 4.39 Å². The van der Waals surface area contributed by atoms with E-state index in [2.05, 4.69) is 4.90 Å². The van der Waals surface area contributed by atoms with Gasteiger partial charge < -0.3 is 15.2 Å². The normalized spacial score (nSPS) is 18.6. The zero-order chi connectivity index (χ0) is 13.0. The van der Waals surface area contributed by atoms with Crippen LogP contribution >= 0.6 is 0 Å². The van der Waals surface area contributed by atoms with Crippen molar-refractivity contribution < 1.29 is 13.9 Å². The van der Waals surface area contributed by atoms with Crippen molar-refractivity contribution in [2.45, 2.75) is 6.04 Å². The van der Waals surface area contributed by atoms with Gasteiger partial charge in [-0.15, -0.1) is 0 Å². The van der Waals surface area contributed by atoms with Crippen molar-refractivity contribution in [1.29, 1.82) is 0 Å². The van der Waals surface area contributed by atoms with E-state index in [4.69, 9.17) is 15.2 Å². The fourth-order valence-electron chi connectivity index (χ4n) is 2.16. The van der Waals surface area contributed by atoms with Crippen molar-refractivity contribution in [3.63, 3.8) is 0 Å². The first-order chi connectivity index (χ1) is 8.70. The Bertz CT molecular complexity index is 395. The maximum Gasteiger partial charge on any atom is 0.123 e. The van der Waals surface area contributed by atoms with E-state index in [0.717, 1.165) is 26.3 Å². The van der Waals surface area contributed by atoms with Gasteiger partial charge in [0.2, 0.25) is 0 Å². The summed E-state index contributed by atoms with van der Waals surface area (Å²) in [6, 6.07) is 4.19. The number of halogens is 1. The second-order valence-electron chi connectivity index (χ2n) is 4.41. The summed E-state index contributed by atoms with van der Waals surface area (Å²) in [6.07, 6.45) is 0. The summed E-state index contributed by atoms with van der Waals surface area (Å²) in [5.74, 6) is 0.348. The van der Waals surface area contributed by atoms with Crippen molar-refractivity contribution >= 4 is 0 Å². The fraction of sp³-hybridized carbons (Fsp3) is 0.538. The van der Waals surface area contributed by atoms with Crippen LogP contribution in [0, 0.1) is 5.82 Å². The van der Waals surface area contributed by atoms with Crippen LogP contribution in [0.4, 0.5) is 4.39 Å². The maximum atomic E-state index is 13.3. The summed E-state index contributed by atoms with van der Waals surface area (Å²) < 4.78 is 23.8. The summed E-state index contributed by atoms with van der Waals surface area (Å²) in [4.78, 5) is 2.22. The number of nitrogens with two attached hydrogens (primary N) is 1. The number of hydrogen-bond acceptors (Lipinski definition) is 4. The van der Waals surface area contributed by atoms with E-state index in [-0.39, 0.29) is 11.9 Å². The molecule has 0 aromatic heterocycles. The van der Waals surface area contributed by atoms with Crippen LogP contribution in [0.1, 0.15) is 11.6 Å². The number of rotatable bonds is 4. The molecule has 0 amide bonds. The molecule has 100 valence electrons. The Hall–Kier alpha value is -1.17. The lowest BCUT2D eigenvalue weighted by atomic mass is 10.1. The van der Waals surface area contributed by atoms with Crippen LogP contribution in [-0.4, -0.2) is 44.9 Å². The minimum absolute atomic E-state index is 0.256. The second kappa shape index (κ2) is 6.13. The monoisotopic (exact) mass is 254 g/mol. The predicted molar refractivity (Wildman–Crippen MR) is 67.1 cm³/mol. The molecule has 2 N–H and O–H groups in total. The molecule has 0 bridgehead atoms. The molecular formula is C13H19FN2O2. The average molecular weight is 254 g/mol. The highest BCUT2D eigenvalue weighted by Gasteiger charge is 2.18. The lowest BCUT2D eigenvalue weighted by Crippen LogP contribution is -2.40. The van der Waals surface area contributed by atoms with Gasteiger partial charge in [0.05, 0.1) is 20.3 Å². The van der Waals surface area contributed by atoms with Gasteiger partial charge in [-0.2, -0.15) is 0 Å². The van der Waals surface area contributed by atoms with Gasteiger partial charge in [-0.3, -0.25) is 4.90 Å². The number of nitrogens with zero attached hydrogens (tertiary/aromatic N) is 1. The molecule has 1 fully saturated rings. The molecule has 1 heterocycles. The molecule has 4 nitrogen and oxygen atoms in total. The Balaban J connectivity index is 2.07. The predicted octanol–water partition coefficient (Wildman–Crippen LogP) is 1.17. The molecule has 0 spiro atoms. The molecule has 5 heteroatoms. The zero-order valence-corrected chi connectivity index (χ0v) is 10.6. The van der Waals surface area contributed by atoms with E-state index in [1.807, 2.05) is 0 Å². The minimum Gasteiger partial charge on any atom is -0.496 e. The van der Waals surface area contributed by atoms with Crippen LogP contribution in [0.2, 0.25) is 0 Å². The largest absolute Gasteiger partial charge is 0.496 e. The molecule has 2 rings (SSSR count). The summed E-state index contributed by atoms with van der Waals surface area (Å²) in [5, 5.41) is 0. The average Bonchev–Trinajstić information content (AvgIpc) is 2.40. The molecule has 1 aliphatic rings. The highest BCUT2D eigenvalue weighted by molar-refractivity contribution is 5.36. The molecule has 0 radical (unpaired) electrons. The molecule has 1 unspecified atom stereocenters. The number of methoxy groups -OCH3 is 1. The maximum absolute atomic E-state index is 13.3. The highest BCUT2D eigenvalue weighted by Crippen LogP contribution is 2.25. The second-order valence-corrected chi connectivity index (χ2v) is 4.41. The molecule has 1 aromatic carbocycles. The summed E-state index contributed by atoms with van der Waals surface area (Å²) in [5.41, 5.74) is 6.85. The summed E-state index contributed by atoms with van der Waals surface area (Å²) in [6.45, 7) is 3.87. The smallest absolute Gasteiger partial charge is 0.123 e. The third kappa shape index (κ3) is 3.19. The Morgan fingerprint density at radius 1 is 1.44 bits per heavy atom. The number of ether oxygens (including phenoxy) is 2. The van der Waals surface area contributed by atoms with E-state index in [1.54, 1.807) is 13.2 Å². The Kier molecular flexibility index (Phi) is 4.52. The van der Waals surface area contributed by atoms with E-state index in [0.29, 0.717) is 17.9 Å². The van der Waals surface area contributed by atoms with Crippen LogP contribution in [0.5, 0.6) is 5.75 Å². The van der Waals surface area contributed by atoms with Crippen molar-refractivity contribution in [3.8, 4) is 5.75 Å².